The van der Waals surface area contributed by atoms with E-state index in [2.05, 4.69) is 5.32 Å². The molecule has 0 saturated carbocycles. The molecule has 0 aliphatic carbocycles. The summed E-state index contributed by atoms with van der Waals surface area (Å²) >= 11 is 0. The molecule has 17 heavy (non-hydrogen) atoms. The van der Waals surface area contributed by atoms with Gasteiger partial charge in [0.2, 0.25) is 11.8 Å². The summed E-state index contributed by atoms with van der Waals surface area (Å²) in [4.78, 5) is 25.2. The van der Waals surface area contributed by atoms with E-state index in [4.69, 9.17) is 0 Å². The molecular weight excluding hydrogens is 240 g/mol. The zero-order valence-corrected chi connectivity index (χ0v) is 11.4. The van der Waals surface area contributed by atoms with Crippen LogP contribution in [0, 0.1) is 0 Å². The van der Waals surface area contributed by atoms with Crippen LogP contribution in [0.4, 0.5) is 0 Å². The highest BCUT2D eigenvalue weighted by Gasteiger charge is 2.36. The Kier molecular flexibility index (Phi) is 4.68. The van der Waals surface area contributed by atoms with Crippen molar-refractivity contribution in [1.29, 1.82) is 0 Å². The van der Waals surface area contributed by atoms with Crippen molar-refractivity contribution >= 4 is 22.6 Å². The molecule has 6 heteroatoms. The van der Waals surface area contributed by atoms with Crippen LogP contribution in [0.3, 0.4) is 0 Å². The zero-order valence-electron chi connectivity index (χ0n) is 10.6. The number of amides is 2. The minimum Gasteiger partial charge on any atom is -0.342 e. The highest BCUT2D eigenvalue weighted by molar-refractivity contribution is 7.84. The second kappa shape index (κ2) is 5.62. The molecule has 1 rings (SSSR count). The Balaban J connectivity index is 2.68. The van der Waals surface area contributed by atoms with Crippen LogP contribution < -0.4 is 5.32 Å². The lowest BCUT2D eigenvalue weighted by molar-refractivity contribution is -0.137. The number of hydrogen-bond acceptors (Lipinski definition) is 3. The van der Waals surface area contributed by atoms with Gasteiger partial charge in [0.25, 0.3) is 0 Å². The molecule has 0 bridgehead atoms. The van der Waals surface area contributed by atoms with Gasteiger partial charge in [-0.2, -0.15) is 0 Å². The van der Waals surface area contributed by atoms with E-state index in [1.54, 1.807) is 18.7 Å². The van der Waals surface area contributed by atoms with Gasteiger partial charge in [-0.3, -0.25) is 13.8 Å². The van der Waals surface area contributed by atoms with Gasteiger partial charge < -0.3 is 10.2 Å². The minimum absolute atomic E-state index is 0.101. The van der Waals surface area contributed by atoms with E-state index in [9.17, 15) is 13.8 Å². The van der Waals surface area contributed by atoms with Crippen molar-refractivity contribution in [1.82, 2.24) is 10.2 Å². The standard InChI is InChI=1S/C11H20N2O3S/c1-4-17(16)8-7-13-6-5-9(14)12-11(2,3)10(13)15/h4-8H2,1-3H3,(H,12,14). The smallest absolute Gasteiger partial charge is 0.247 e. The Morgan fingerprint density at radius 1 is 1.41 bits per heavy atom. The molecule has 1 atom stereocenters. The molecule has 1 saturated heterocycles. The molecule has 98 valence electrons. The highest BCUT2D eigenvalue weighted by atomic mass is 32.2. The molecule has 1 heterocycles. The third-order valence-corrected chi connectivity index (χ3v) is 4.08. The molecule has 0 aromatic heterocycles. The number of hydrogen-bond donors (Lipinski definition) is 1. The maximum Gasteiger partial charge on any atom is 0.247 e. The van der Waals surface area contributed by atoms with Gasteiger partial charge in [0.05, 0.1) is 0 Å². The van der Waals surface area contributed by atoms with Crippen LogP contribution in [0.15, 0.2) is 0 Å². The van der Waals surface area contributed by atoms with Crippen LogP contribution in [-0.2, 0) is 20.4 Å². The molecule has 0 aromatic rings. The maximum absolute atomic E-state index is 12.1. The molecule has 0 aromatic carbocycles. The van der Waals surface area contributed by atoms with Crippen molar-refractivity contribution in [2.45, 2.75) is 32.7 Å². The summed E-state index contributed by atoms with van der Waals surface area (Å²) in [5.74, 6) is 0.869. The van der Waals surface area contributed by atoms with Crippen LogP contribution in [0.25, 0.3) is 0 Å². The van der Waals surface area contributed by atoms with Gasteiger partial charge in [0.1, 0.15) is 5.54 Å². The van der Waals surface area contributed by atoms with E-state index < -0.39 is 16.3 Å². The third kappa shape index (κ3) is 3.80. The Morgan fingerprint density at radius 2 is 2.06 bits per heavy atom. The fourth-order valence-corrected chi connectivity index (χ4v) is 2.48. The largest absolute Gasteiger partial charge is 0.342 e. The van der Waals surface area contributed by atoms with Crippen molar-refractivity contribution in [3.05, 3.63) is 0 Å². The average Bonchev–Trinajstić information content (AvgIpc) is 2.35. The zero-order chi connectivity index (χ0) is 13.1. The van der Waals surface area contributed by atoms with Crippen molar-refractivity contribution < 1.29 is 13.8 Å². The molecule has 2 amide bonds. The van der Waals surface area contributed by atoms with Crippen LogP contribution in [-0.4, -0.2) is 51.1 Å². The molecule has 1 aliphatic rings. The Hall–Kier alpha value is -0.910. The Morgan fingerprint density at radius 3 is 2.65 bits per heavy atom. The number of carbonyl (C=O) groups is 2. The summed E-state index contributed by atoms with van der Waals surface area (Å²) in [6.45, 7) is 6.12. The predicted octanol–water partition coefficient (Wildman–Crippen LogP) is -0.118. The summed E-state index contributed by atoms with van der Waals surface area (Å²) in [6.07, 6.45) is 0.313. The molecule has 1 fully saturated rings. The van der Waals surface area contributed by atoms with Gasteiger partial charge in [-0.1, -0.05) is 6.92 Å². The molecule has 0 spiro atoms. The lowest BCUT2D eigenvalue weighted by atomic mass is 10.0. The maximum atomic E-state index is 12.1. The average molecular weight is 260 g/mol. The van der Waals surface area contributed by atoms with Crippen LogP contribution >= 0.6 is 0 Å². The first kappa shape index (κ1) is 14.2. The molecule has 1 aliphatic heterocycles. The minimum atomic E-state index is -0.882. The summed E-state index contributed by atoms with van der Waals surface area (Å²) in [5.41, 5.74) is -0.860. The second-order valence-electron chi connectivity index (χ2n) is 4.65. The van der Waals surface area contributed by atoms with Gasteiger partial charge in [0, 0.05) is 41.8 Å². The van der Waals surface area contributed by atoms with Crippen molar-refractivity contribution in [2.75, 3.05) is 24.6 Å². The van der Waals surface area contributed by atoms with E-state index in [1.807, 2.05) is 6.92 Å². The third-order valence-electron chi connectivity index (χ3n) is 2.79. The lowest BCUT2D eigenvalue weighted by Crippen LogP contribution is -2.53. The van der Waals surface area contributed by atoms with E-state index in [0.717, 1.165) is 0 Å². The molecule has 5 nitrogen and oxygen atoms in total. The first-order chi connectivity index (χ1) is 7.86. The van der Waals surface area contributed by atoms with E-state index in [1.165, 1.54) is 0 Å². The monoisotopic (exact) mass is 260 g/mol. The molecule has 1 N–H and O–H groups in total. The number of rotatable bonds is 4. The van der Waals surface area contributed by atoms with Crippen LogP contribution in [0.1, 0.15) is 27.2 Å². The summed E-state index contributed by atoms with van der Waals surface area (Å²) in [6, 6.07) is 0. The van der Waals surface area contributed by atoms with Gasteiger partial charge in [-0.15, -0.1) is 0 Å². The van der Waals surface area contributed by atoms with Crippen molar-refractivity contribution in [3.8, 4) is 0 Å². The van der Waals surface area contributed by atoms with Crippen LogP contribution in [0.5, 0.6) is 0 Å². The first-order valence-electron chi connectivity index (χ1n) is 5.82. The van der Waals surface area contributed by atoms with E-state index >= 15 is 0 Å². The highest BCUT2D eigenvalue weighted by Crippen LogP contribution is 2.13. The summed E-state index contributed by atoms with van der Waals surface area (Å²) in [5, 5.41) is 2.69. The summed E-state index contributed by atoms with van der Waals surface area (Å²) < 4.78 is 11.4. The van der Waals surface area contributed by atoms with Crippen molar-refractivity contribution in [3.63, 3.8) is 0 Å². The topological polar surface area (TPSA) is 66.5 Å². The predicted molar refractivity (Wildman–Crippen MR) is 67.0 cm³/mol. The molecule has 1 unspecified atom stereocenters. The van der Waals surface area contributed by atoms with Crippen molar-refractivity contribution in [2.24, 2.45) is 0 Å². The number of nitrogens with one attached hydrogen (secondary N) is 1. The normalized spacial score (nSPS) is 21.9. The molecule has 0 radical (unpaired) electrons. The molecular formula is C11H20N2O3S. The van der Waals surface area contributed by atoms with Gasteiger partial charge in [-0.25, -0.2) is 0 Å². The fourth-order valence-electron chi connectivity index (χ4n) is 1.77. The Bertz CT molecular complexity index is 342. The van der Waals surface area contributed by atoms with Gasteiger partial charge in [0.15, 0.2) is 0 Å². The van der Waals surface area contributed by atoms with Gasteiger partial charge in [-0.05, 0) is 13.8 Å². The second-order valence-corrected chi connectivity index (χ2v) is 6.51. The van der Waals surface area contributed by atoms with Crippen LogP contribution in [0.2, 0.25) is 0 Å². The first-order valence-corrected chi connectivity index (χ1v) is 7.31. The van der Waals surface area contributed by atoms with E-state index in [0.29, 0.717) is 31.0 Å². The summed E-state index contributed by atoms with van der Waals surface area (Å²) in [7, 11) is -0.882. The number of nitrogens with zero attached hydrogens (tertiary/aromatic N) is 1. The Labute approximate surface area is 104 Å². The van der Waals surface area contributed by atoms with E-state index in [-0.39, 0.29) is 11.8 Å². The van der Waals surface area contributed by atoms with Gasteiger partial charge >= 0.3 is 0 Å². The number of carbonyl (C=O) groups excluding carboxylic acids is 2. The lowest BCUT2D eigenvalue weighted by Gasteiger charge is -2.28. The fraction of sp³-hybridized carbons (Fsp3) is 0.818. The SMILES string of the molecule is CCS(=O)CCN1CCC(=O)NC(C)(C)C1=O. The quantitative estimate of drug-likeness (QED) is 0.766.